The Morgan fingerprint density at radius 3 is 2.80 bits per heavy atom. The van der Waals surface area contributed by atoms with Crippen molar-refractivity contribution in [3.8, 4) is 5.75 Å². The molecule has 2 aromatic heterocycles. The highest BCUT2D eigenvalue weighted by molar-refractivity contribution is 7.16. The summed E-state index contributed by atoms with van der Waals surface area (Å²) in [5.41, 5.74) is 2.45. The average Bonchev–Trinajstić information content (AvgIpc) is 3.22. The fourth-order valence-corrected chi connectivity index (χ4v) is 5.27. The molecule has 0 radical (unpaired) electrons. The maximum Gasteiger partial charge on any atom is 0.259 e. The standard InChI is InChI=1S/C23H25ClN2O3S/c1-14-8-10-16(29-14)13-25-23-21(17-6-4-3-5-7-20(17)30-23)22(27)26-18-12-15(24)9-11-19(18)28-2/h8-12,25H,3-7,13H2,1-2H3,(H,26,27). The third-order valence-electron chi connectivity index (χ3n) is 5.28. The van der Waals surface area contributed by atoms with E-state index in [2.05, 4.69) is 10.6 Å². The van der Waals surface area contributed by atoms with Gasteiger partial charge in [0.05, 0.1) is 24.9 Å². The van der Waals surface area contributed by atoms with Crippen LogP contribution >= 0.6 is 22.9 Å². The lowest BCUT2D eigenvalue weighted by molar-refractivity contribution is 0.102. The van der Waals surface area contributed by atoms with Gasteiger partial charge in [-0.2, -0.15) is 0 Å². The van der Waals surface area contributed by atoms with Crippen LogP contribution in [0.1, 0.15) is 51.6 Å². The summed E-state index contributed by atoms with van der Waals surface area (Å²) in [4.78, 5) is 14.7. The largest absolute Gasteiger partial charge is 0.495 e. The summed E-state index contributed by atoms with van der Waals surface area (Å²) in [6, 6.07) is 9.11. The smallest absolute Gasteiger partial charge is 0.259 e. The van der Waals surface area contributed by atoms with Gasteiger partial charge in [-0.3, -0.25) is 4.79 Å². The normalized spacial score (nSPS) is 13.4. The zero-order valence-corrected chi connectivity index (χ0v) is 18.7. The van der Waals surface area contributed by atoms with Gasteiger partial charge in [0.2, 0.25) is 0 Å². The van der Waals surface area contributed by atoms with Crippen LogP contribution < -0.4 is 15.4 Å². The third-order valence-corrected chi connectivity index (χ3v) is 6.76. The summed E-state index contributed by atoms with van der Waals surface area (Å²) >= 11 is 7.82. The molecule has 0 bridgehead atoms. The zero-order valence-electron chi connectivity index (χ0n) is 17.1. The first-order valence-electron chi connectivity index (χ1n) is 10.1. The number of rotatable bonds is 6. The molecule has 7 heteroatoms. The molecule has 2 N–H and O–H groups in total. The number of benzene rings is 1. The van der Waals surface area contributed by atoms with Crippen LogP contribution in [0.2, 0.25) is 5.02 Å². The van der Waals surface area contributed by atoms with Gasteiger partial charge in [-0.25, -0.2) is 0 Å². The summed E-state index contributed by atoms with van der Waals surface area (Å²) in [6.07, 6.45) is 5.39. The van der Waals surface area contributed by atoms with Crippen LogP contribution in [0, 0.1) is 6.92 Å². The predicted molar refractivity (Wildman–Crippen MR) is 122 cm³/mol. The van der Waals surface area contributed by atoms with Crippen molar-refractivity contribution in [2.75, 3.05) is 17.7 Å². The Morgan fingerprint density at radius 1 is 1.20 bits per heavy atom. The number of hydrogen-bond donors (Lipinski definition) is 2. The van der Waals surface area contributed by atoms with Crippen molar-refractivity contribution in [3.63, 3.8) is 0 Å². The molecule has 4 rings (SSSR count). The molecule has 0 spiro atoms. The minimum absolute atomic E-state index is 0.145. The second-order valence-electron chi connectivity index (χ2n) is 7.43. The maximum absolute atomic E-state index is 13.4. The van der Waals surface area contributed by atoms with Crippen LogP contribution in [0.25, 0.3) is 0 Å². The Kier molecular flexibility index (Phi) is 6.35. The van der Waals surface area contributed by atoms with Crippen LogP contribution in [-0.2, 0) is 19.4 Å². The highest BCUT2D eigenvalue weighted by Crippen LogP contribution is 2.39. The van der Waals surface area contributed by atoms with Gasteiger partial charge in [-0.15, -0.1) is 11.3 Å². The number of amides is 1. The SMILES string of the molecule is COc1ccc(Cl)cc1NC(=O)c1c(NCc2ccc(C)o2)sc2c1CCCCC2. The van der Waals surface area contributed by atoms with Gasteiger partial charge in [0, 0.05) is 9.90 Å². The Morgan fingerprint density at radius 2 is 2.03 bits per heavy atom. The quantitative estimate of drug-likeness (QED) is 0.429. The molecule has 30 heavy (non-hydrogen) atoms. The van der Waals surface area contributed by atoms with E-state index in [1.165, 1.54) is 11.3 Å². The van der Waals surface area contributed by atoms with Gasteiger partial charge in [-0.05, 0) is 68.5 Å². The molecule has 0 saturated heterocycles. The number of carbonyl (C=O) groups is 1. The number of carbonyl (C=O) groups excluding carboxylic acids is 1. The van der Waals surface area contributed by atoms with Gasteiger partial charge >= 0.3 is 0 Å². The molecule has 0 atom stereocenters. The number of nitrogens with one attached hydrogen (secondary N) is 2. The molecule has 0 fully saturated rings. The minimum atomic E-state index is -0.145. The van der Waals surface area contributed by atoms with Crippen molar-refractivity contribution in [2.45, 2.75) is 45.6 Å². The lowest BCUT2D eigenvalue weighted by atomic mass is 10.0. The second-order valence-corrected chi connectivity index (χ2v) is 8.97. The van der Waals surface area contributed by atoms with E-state index >= 15 is 0 Å². The third kappa shape index (κ3) is 4.50. The van der Waals surface area contributed by atoms with E-state index in [9.17, 15) is 4.79 Å². The summed E-state index contributed by atoms with van der Waals surface area (Å²) in [7, 11) is 1.58. The van der Waals surface area contributed by atoms with Crippen LogP contribution in [0.5, 0.6) is 5.75 Å². The van der Waals surface area contributed by atoms with E-state index in [0.29, 0.717) is 23.0 Å². The van der Waals surface area contributed by atoms with Crippen molar-refractivity contribution < 1.29 is 13.9 Å². The monoisotopic (exact) mass is 444 g/mol. The molecular weight excluding hydrogens is 420 g/mol. The second kappa shape index (κ2) is 9.14. The molecule has 3 aromatic rings. The number of methoxy groups -OCH3 is 1. The molecule has 0 unspecified atom stereocenters. The molecule has 1 amide bonds. The van der Waals surface area contributed by atoms with E-state index in [1.807, 2.05) is 19.1 Å². The number of furan rings is 1. The van der Waals surface area contributed by atoms with E-state index in [1.54, 1.807) is 36.6 Å². The molecule has 1 aromatic carbocycles. The van der Waals surface area contributed by atoms with Gasteiger partial charge < -0.3 is 19.8 Å². The van der Waals surface area contributed by atoms with Gasteiger partial charge in [0.25, 0.3) is 5.91 Å². The fourth-order valence-electron chi connectivity index (χ4n) is 3.82. The number of thiophene rings is 1. The van der Waals surface area contributed by atoms with Gasteiger partial charge in [-0.1, -0.05) is 18.0 Å². The van der Waals surface area contributed by atoms with E-state index in [0.717, 1.165) is 53.3 Å². The van der Waals surface area contributed by atoms with Crippen LogP contribution in [0.3, 0.4) is 0 Å². The Bertz CT molecular complexity index is 1060. The molecule has 2 heterocycles. The minimum Gasteiger partial charge on any atom is -0.495 e. The van der Waals surface area contributed by atoms with E-state index < -0.39 is 0 Å². The summed E-state index contributed by atoms with van der Waals surface area (Å²) in [5, 5.41) is 7.87. The molecular formula is C23H25ClN2O3S. The molecule has 1 aliphatic rings. The van der Waals surface area contributed by atoms with Crippen molar-refractivity contribution in [1.82, 2.24) is 0 Å². The van der Waals surface area contributed by atoms with Crippen LogP contribution in [0.15, 0.2) is 34.7 Å². The Hall–Kier alpha value is -2.44. The number of hydrogen-bond acceptors (Lipinski definition) is 5. The summed E-state index contributed by atoms with van der Waals surface area (Å²) < 4.78 is 11.1. The van der Waals surface area contributed by atoms with E-state index in [4.69, 9.17) is 20.8 Å². The topological polar surface area (TPSA) is 63.5 Å². The Labute approximate surface area is 185 Å². The van der Waals surface area contributed by atoms with Crippen molar-refractivity contribution in [2.24, 2.45) is 0 Å². The fraction of sp³-hybridized carbons (Fsp3) is 0.348. The summed E-state index contributed by atoms with van der Waals surface area (Å²) in [5.74, 6) is 2.15. The van der Waals surface area contributed by atoms with Crippen molar-refractivity contribution in [1.29, 1.82) is 0 Å². The number of halogens is 1. The van der Waals surface area contributed by atoms with E-state index in [-0.39, 0.29) is 5.91 Å². The van der Waals surface area contributed by atoms with Gasteiger partial charge in [0.1, 0.15) is 22.3 Å². The number of aryl methyl sites for hydroxylation is 2. The Balaban J connectivity index is 1.65. The number of anilines is 2. The molecule has 1 aliphatic carbocycles. The van der Waals surface area contributed by atoms with Crippen LogP contribution in [0.4, 0.5) is 10.7 Å². The summed E-state index contributed by atoms with van der Waals surface area (Å²) in [6.45, 7) is 2.46. The van der Waals surface area contributed by atoms with Gasteiger partial charge in [0.15, 0.2) is 0 Å². The first kappa shape index (κ1) is 20.8. The average molecular weight is 445 g/mol. The molecule has 158 valence electrons. The lowest BCUT2D eigenvalue weighted by Crippen LogP contribution is -2.16. The first-order chi connectivity index (χ1) is 14.5. The number of fused-ring (bicyclic) bond motifs is 1. The molecule has 0 saturated carbocycles. The zero-order chi connectivity index (χ0) is 21.1. The highest BCUT2D eigenvalue weighted by atomic mass is 35.5. The first-order valence-corrected chi connectivity index (χ1v) is 11.3. The lowest BCUT2D eigenvalue weighted by Gasteiger charge is -2.13. The molecule has 0 aliphatic heterocycles. The predicted octanol–water partition coefficient (Wildman–Crippen LogP) is 6.44. The van der Waals surface area contributed by atoms with Crippen LogP contribution in [-0.4, -0.2) is 13.0 Å². The highest BCUT2D eigenvalue weighted by Gasteiger charge is 2.25. The maximum atomic E-state index is 13.4. The number of ether oxygens (including phenoxy) is 1. The van der Waals surface area contributed by atoms with Crippen molar-refractivity contribution >= 4 is 39.5 Å². The molecule has 5 nitrogen and oxygen atoms in total. The van der Waals surface area contributed by atoms with Crippen molar-refractivity contribution in [3.05, 3.63) is 62.9 Å².